The van der Waals surface area contributed by atoms with Gasteiger partial charge in [-0.3, -0.25) is 4.98 Å². The Hall–Kier alpha value is -1.77. The lowest BCUT2D eigenvalue weighted by atomic mass is 10.2. The Labute approximate surface area is 82.7 Å². The minimum atomic E-state index is 0.849. The van der Waals surface area contributed by atoms with Gasteiger partial charge in [0.25, 0.3) is 0 Å². The van der Waals surface area contributed by atoms with Crippen molar-refractivity contribution in [1.82, 2.24) is 4.98 Å². The molecule has 2 rings (SSSR count). The Bertz CT molecular complexity index is 454. The summed E-state index contributed by atoms with van der Waals surface area (Å²) < 4.78 is 5.17. The molecule has 0 bridgehead atoms. The molecule has 0 unspecified atom stereocenters. The molecule has 1 aromatic heterocycles. The van der Waals surface area contributed by atoms with Crippen molar-refractivity contribution in [1.29, 1.82) is 0 Å². The molecule has 0 atom stereocenters. The molecule has 1 aromatic carbocycles. The van der Waals surface area contributed by atoms with Crippen LogP contribution in [0.2, 0.25) is 0 Å². The summed E-state index contributed by atoms with van der Waals surface area (Å²) in [5.74, 6) is 0.849. The predicted octanol–water partition coefficient (Wildman–Crippen LogP) is 2.29. The van der Waals surface area contributed by atoms with E-state index in [0.29, 0.717) is 0 Å². The number of anilines is 1. The number of methoxy groups -OCH3 is 1. The van der Waals surface area contributed by atoms with Crippen LogP contribution in [0.15, 0.2) is 30.5 Å². The van der Waals surface area contributed by atoms with E-state index in [9.17, 15) is 0 Å². The average molecular weight is 188 g/mol. The molecule has 3 nitrogen and oxygen atoms in total. The summed E-state index contributed by atoms with van der Waals surface area (Å²) in [6, 6.07) is 7.79. The number of ether oxygens (including phenoxy) is 1. The number of benzene rings is 1. The van der Waals surface area contributed by atoms with Gasteiger partial charge in [-0.15, -0.1) is 0 Å². The monoisotopic (exact) mass is 188 g/mol. The smallest absolute Gasteiger partial charge is 0.119 e. The normalized spacial score (nSPS) is 10.1. The largest absolute Gasteiger partial charge is 0.497 e. The SMILES string of the molecule is CNc1ccnc2ccc(OC)cc12. The molecule has 0 saturated heterocycles. The number of hydrogen-bond donors (Lipinski definition) is 1. The molecule has 0 fully saturated rings. The number of pyridine rings is 1. The molecule has 0 amide bonds. The van der Waals surface area contributed by atoms with Crippen LogP contribution in [0.3, 0.4) is 0 Å². The number of nitrogens with zero attached hydrogens (tertiary/aromatic N) is 1. The molecule has 0 radical (unpaired) electrons. The van der Waals surface area contributed by atoms with Crippen molar-refractivity contribution in [3.05, 3.63) is 30.5 Å². The zero-order valence-corrected chi connectivity index (χ0v) is 8.24. The van der Waals surface area contributed by atoms with Crippen molar-refractivity contribution in [3.8, 4) is 5.75 Å². The molecule has 0 aliphatic heterocycles. The second kappa shape index (κ2) is 3.54. The lowest BCUT2D eigenvalue weighted by molar-refractivity contribution is 0.415. The van der Waals surface area contributed by atoms with Crippen LogP contribution in [0.4, 0.5) is 5.69 Å². The van der Waals surface area contributed by atoms with Crippen molar-refractivity contribution >= 4 is 16.6 Å². The second-order valence-corrected chi connectivity index (χ2v) is 2.99. The Morgan fingerprint density at radius 1 is 1.29 bits per heavy atom. The minimum absolute atomic E-state index is 0.849. The van der Waals surface area contributed by atoms with Crippen LogP contribution >= 0.6 is 0 Å². The Morgan fingerprint density at radius 3 is 2.86 bits per heavy atom. The molecule has 3 heteroatoms. The fourth-order valence-corrected chi connectivity index (χ4v) is 1.47. The van der Waals surface area contributed by atoms with Gasteiger partial charge >= 0.3 is 0 Å². The summed E-state index contributed by atoms with van der Waals surface area (Å²) in [6.07, 6.45) is 1.79. The summed E-state index contributed by atoms with van der Waals surface area (Å²) in [5, 5.41) is 4.20. The van der Waals surface area contributed by atoms with E-state index in [2.05, 4.69) is 10.3 Å². The first-order chi connectivity index (χ1) is 6.85. The molecule has 0 aliphatic rings. The molecule has 72 valence electrons. The van der Waals surface area contributed by atoms with Crippen molar-refractivity contribution in [3.63, 3.8) is 0 Å². The molecule has 0 spiro atoms. The summed E-state index contributed by atoms with van der Waals surface area (Å²) in [5.41, 5.74) is 2.03. The minimum Gasteiger partial charge on any atom is -0.497 e. The lowest BCUT2D eigenvalue weighted by Crippen LogP contribution is -1.91. The quantitative estimate of drug-likeness (QED) is 0.785. The van der Waals surface area contributed by atoms with Crippen molar-refractivity contribution < 1.29 is 4.74 Å². The zero-order chi connectivity index (χ0) is 9.97. The first-order valence-electron chi connectivity index (χ1n) is 4.45. The van der Waals surface area contributed by atoms with E-state index in [0.717, 1.165) is 22.3 Å². The molecular weight excluding hydrogens is 176 g/mol. The van der Waals surface area contributed by atoms with Crippen LogP contribution in [-0.2, 0) is 0 Å². The van der Waals surface area contributed by atoms with Crippen LogP contribution in [0, 0.1) is 0 Å². The summed E-state index contributed by atoms with van der Waals surface area (Å²) in [6.45, 7) is 0. The number of hydrogen-bond acceptors (Lipinski definition) is 3. The van der Waals surface area contributed by atoms with Gasteiger partial charge in [-0.1, -0.05) is 0 Å². The average Bonchev–Trinajstić information content (AvgIpc) is 2.27. The molecule has 1 N–H and O–H groups in total. The number of aromatic nitrogens is 1. The van der Waals surface area contributed by atoms with Crippen molar-refractivity contribution in [2.24, 2.45) is 0 Å². The van der Waals surface area contributed by atoms with E-state index in [1.54, 1.807) is 13.3 Å². The van der Waals surface area contributed by atoms with Crippen LogP contribution in [0.5, 0.6) is 5.75 Å². The number of rotatable bonds is 2. The highest BCUT2D eigenvalue weighted by Crippen LogP contribution is 2.25. The molecule has 0 aliphatic carbocycles. The van der Waals surface area contributed by atoms with Gasteiger partial charge in [0.2, 0.25) is 0 Å². The van der Waals surface area contributed by atoms with Crippen molar-refractivity contribution in [2.75, 3.05) is 19.5 Å². The fraction of sp³-hybridized carbons (Fsp3) is 0.182. The Balaban J connectivity index is 2.70. The van der Waals surface area contributed by atoms with Gasteiger partial charge in [-0.05, 0) is 24.3 Å². The van der Waals surface area contributed by atoms with Crippen LogP contribution < -0.4 is 10.1 Å². The zero-order valence-electron chi connectivity index (χ0n) is 8.24. The summed E-state index contributed by atoms with van der Waals surface area (Å²) in [4.78, 5) is 4.27. The summed E-state index contributed by atoms with van der Waals surface area (Å²) >= 11 is 0. The van der Waals surface area contributed by atoms with Crippen molar-refractivity contribution in [2.45, 2.75) is 0 Å². The highest BCUT2D eigenvalue weighted by Gasteiger charge is 2.01. The van der Waals surface area contributed by atoms with Crippen LogP contribution in [0.1, 0.15) is 0 Å². The molecule has 0 saturated carbocycles. The third kappa shape index (κ3) is 1.37. The van der Waals surface area contributed by atoms with Gasteiger partial charge in [0.15, 0.2) is 0 Å². The maximum atomic E-state index is 5.17. The first kappa shape index (κ1) is 8.81. The van der Waals surface area contributed by atoms with Gasteiger partial charge in [-0.2, -0.15) is 0 Å². The maximum Gasteiger partial charge on any atom is 0.119 e. The molecule has 14 heavy (non-hydrogen) atoms. The maximum absolute atomic E-state index is 5.17. The standard InChI is InChI=1S/C11H12N2O/c1-12-10-5-6-13-11-4-3-8(14-2)7-9(10)11/h3-7H,1-2H3,(H,12,13). The lowest BCUT2D eigenvalue weighted by Gasteiger charge is -2.06. The first-order valence-corrected chi connectivity index (χ1v) is 4.45. The fourth-order valence-electron chi connectivity index (χ4n) is 1.47. The van der Waals surface area contributed by atoms with E-state index in [-0.39, 0.29) is 0 Å². The molecular formula is C11H12N2O. The third-order valence-corrected chi connectivity index (χ3v) is 2.22. The van der Waals surface area contributed by atoms with Crippen LogP contribution in [-0.4, -0.2) is 19.1 Å². The summed E-state index contributed by atoms with van der Waals surface area (Å²) in [7, 11) is 3.56. The molecule has 1 heterocycles. The topological polar surface area (TPSA) is 34.2 Å². The Morgan fingerprint density at radius 2 is 2.14 bits per heavy atom. The van der Waals surface area contributed by atoms with E-state index < -0.39 is 0 Å². The second-order valence-electron chi connectivity index (χ2n) is 2.99. The van der Waals surface area contributed by atoms with Gasteiger partial charge in [0.05, 0.1) is 12.6 Å². The number of nitrogens with one attached hydrogen (secondary N) is 1. The van der Waals surface area contributed by atoms with E-state index in [1.807, 2.05) is 31.3 Å². The van der Waals surface area contributed by atoms with Gasteiger partial charge in [0, 0.05) is 24.3 Å². The third-order valence-electron chi connectivity index (χ3n) is 2.22. The number of fused-ring (bicyclic) bond motifs is 1. The van der Waals surface area contributed by atoms with E-state index in [4.69, 9.17) is 4.74 Å². The van der Waals surface area contributed by atoms with Gasteiger partial charge in [0.1, 0.15) is 5.75 Å². The van der Waals surface area contributed by atoms with E-state index >= 15 is 0 Å². The molecule has 2 aromatic rings. The highest BCUT2D eigenvalue weighted by atomic mass is 16.5. The van der Waals surface area contributed by atoms with Gasteiger partial charge < -0.3 is 10.1 Å². The highest BCUT2D eigenvalue weighted by molar-refractivity contribution is 5.91. The Kier molecular flexibility index (Phi) is 2.23. The van der Waals surface area contributed by atoms with E-state index in [1.165, 1.54) is 0 Å². The van der Waals surface area contributed by atoms with Crippen LogP contribution in [0.25, 0.3) is 10.9 Å². The predicted molar refractivity (Wildman–Crippen MR) is 57.8 cm³/mol. The van der Waals surface area contributed by atoms with Gasteiger partial charge in [-0.25, -0.2) is 0 Å².